The monoisotopic (exact) mass is 426 g/mol. The van der Waals surface area contributed by atoms with Crippen LogP contribution in [0.4, 0.5) is 0 Å². The molecule has 29 heavy (non-hydrogen) atoms. The molecule has 0 radical (unpaired) electrons. The molecule has 0 amide bonds. The fourth-order valence-corrected chi connectivity index (χ4v) is 3.64. The molecule has 0 aliphatic carbocycles. The topological polar surface area (TPSA) is 111 Å². The Labute approximate surface area is 192 Å². The summed E-state index contributed by atoms with van der Waals surface area (Å²) >= 11 is 0. The van der Waals surface area contributed by atoms with Crippen LogP contribution >= 0.6 is 7.51 Å². The zero-order valence-electron chi connectivity index (χ0n) is 16.8. The summed E-state index contributed by atoms with van der Waals surface area (Å²) < 4.78 is 16.2. The molecule has 0 bridgehead atoms. The molecule has 0 fully saturated rings. The molecule has 7 nitrogen and oxygen atoms in total. The summed E-state index contributed by atoms with van der Waals surface area (Å²) in [6.07, 6.45) is 0.733. The van der Waals surface area contributed by atoms with Crippen LogP contribution in [0, 0.1) is 0 Å². The number of aliphatic carboxylic acids is 2. The molecule has 2 rings (SSSR count). The van der Waals surface area contributed by atoms with Crippen molar-refractivity contribution in [1.29, 1.82) is 0 Å². The molecular formula is C20H22NNaO6P-. The van der Waals surface area contributed by atoms with Gasteiger partial charge in [0.15, 0.2) is 0 Å². The zero-order valence-corrected chi connectivity index (χ0v) is 19.7. The second-order valence-electron chi connectivity index (χ2n) is 6.22. The molecule has 2 aromatic rings. The van der Waals surface area contributed by atoms with Crippen LogP contribution in [-0.2, 0) is 22.4 Å². The van der Waals surface area contributed by atoms with Crippen LogP contribution in [0.2, 0.25) is 0 Å². The molecule has 0 saturated heterocycles. The van der Waals surface area contributed by atoms with Crippen molar-refractivity contribution in [3.05, 3.63) is 59.7 Å². The molecule has 0 atom stereocenters. The van der Waals surface area contributed by atoms with E-state index in [4.69, 9.17) is 9.05 Å². The van der Waals surface area contributed by atoms with Crippen molar-refractivity contribution in [3.8, 4) is 11.5 Å². The predicted octanol–water partition coefficient (Wildman–Crippen LogP) is -1.20. The number of nitrogens with zero attached hydrogens (tertiary/aromatic N) is 1. The smallest absolute Gasteiger partial charge is 0.550 e. The molecule has 0 heterocycles. The first-order valence-corrected chi connectivity index (χ1v) is 10.8. The van der Waals surface area contributed by atoms with Gasteiger partial charge in [0.2, 0.25) is 0 Å². The van der Waals surface area contributed by atoms with Gasteiger partial charge in [-0.05, 0) is 61.1 Å². The van der Waals surface area contributed by atoms with Crippen molar-refractivity contribution in [2.24, 2.45) is 4.74 Å². The summed E-state index contributed by atoms with van der Waals surface area (Å²) in [5, 5.41) is 21.1. The molecule has 0 N–H and O–H groups in total. The van der Waals surface area contributed by atoms with Gasteiger partial charge < -0.3 is 28.8 Å². The minimum atomic E-state index is -2.57. The van der Waals surface area contributed by atoms with Gasteiger partial charge in [-0.1, -0.05) is 24.3 Å². The molecule has 0 unspecified atom stereocenters. The maximum atomic E-state index is 10.5. The Bertz CT molecular complexity index is 800. The number of carboxylic acids is 2. The third-order valence-corrected chi connectivity index (χ3v) is 5.82. The van der Waals surface area contributed by atoms with Gasteiger partial charge in [-0.3, -0.25) is 0 Å². The summed E-state index contributed by atoms with van der Waals surface area (Å²) in [6.45, 7) is 1.78. The van der Waals surface area contributed by atoms with Crippen LogP contribution in [0.1, 0.15) is 24.0 Å². The number of hydrogen-bond acceptors (Lipinski definition) is 7. The number of carboxylic acid groups (broad SMARTS) is 2. The van der Waals surface area contributed by atoms with Crippen molar-refractivity contribution in [2.45, 2.75) is 25.7 Å². The van der Waals surface area contributed by atoms with Crippen LogP contribution in [0.5, 0.6) is 11.5 Å². The maximum absolute atomic E-state index is 10.5. The number of rotatable bonds is 10. The third kappa shape index (κ3) is 9.05. The van der Waals surface area contributed by atoms with Crippen LogP contribution in [0.15, 0.2) is 53.3 Å². The first kappa shape index (κ1) is 25.2. The molecule has 150 valence electrons. The number of aryl methyl sites for hydroxylation is 2. The molecule has 0 aliphatic rings. The summed E-state index contributed by atoms with van der Waals surface area (Å²) in [6, 6.07) is 14.2. The van der Waals surface area contributed by atoms with Gasteiger partial charge in [-0.25, -0.2) is 4.74 Å². The zero-order chi connectivity index (χ0) is 20.6. The van der Waals surface area contributed by atoms with E-state index in [-0.39, 0.29) is 42.4 Å². The molecule has 0 spiro atoms. The van der Waals surface area contributed by atoms with Crippen LogP contribution < -0.4 is 48.8 Å². The van der Waals surface area contributed by atoms with Crippen molar-refractivity contribution in [1.82, 2.24) is 0 Å². The Kier molecular flexibility index (Phi) is 10.5. The first-order chi connectivity index (χ1) is 13.3. The van der Waals surface area contributed by atoms with E-state index in [1.54, 1.807) is 62.2 Å². The van der Waals surface area contributed by atoms with E-state index in [2.05, 4.69) is 4.74 Å². The van der Waals surface area contributed by atoms with E-state index in [1.807, 2.05) is 0 Å². The van der Waals surface area contributed by atoms with Gasteiger partial charge >= 0.3 is 37.1 Å². The van der Waals surface area contributed by atoms with Gasteiger partial charge in [-0.2, -0.15) is 0 Å². The van der Waals surface area contributed by atoms with Gasteiger partial charge in [0.05, 0.1) is 0 Å². The Hall–Kier alpha value is -1.79. The third-order valence-electron chi connectivity index (χ3n) is 4.00. The van der Waals surface area contributed by atoms with E-state index >= 15 is 0 Å². The molecule has 0 aliphatic heterocycles. The largest absolute Gasteiger partial charge is 1.00 e. The summed E-state index contributed by atoms with van der Waals surface area (Å²) in [4.78, 5) is 21.1. The normalized spacial score (nSPS) is 10.6. The quantitative estimate of drug-likeness (QED) is 0.349. The minimum Gasteiger partial charge on any atom is -0.550 e. The summed E-state index contributed by atoms with van der Waals surface area (Å²) in [5.74, 6) is -1.02. The predicted molar refractivity (Wildman–Crippen MR) is 102 cm³/mol. The van der Waals surface area contributed by atoms with Crippen LogP contribution in [-0.4, -0.2) is 25.7 Å². The minimum absolute atomic E-state index is 0. The number of benzene rings is 2. The van der Waals surface area contributed by atoms with E-state index < -0.39 is 19.4 Å². The van der Waals surface area contributed by atoms with Gasteiger partial charge in [-0.15, -0.1) is 0 Å². The van der Waals surface area contributed by atoms with Crippen LogP contribution in [0.25, 0.3) is 0 Å². The van der Waals surface area contributed by atoms with Crippen molar-refractivity contribution >= 4 is 19.4 Å². The average molecular weight is 426 g/mol. The Morgan fingerprint density at radius 2 is 1.17 bits per heavy atom. The fourth-order valence-electron chi connectivity index (χ4n) is 2.42. The van der Waals surface area contributed by atoms with Crippen molar-refractivity contribution in [2.75, 3.05) is 13.7 Å². The van der Waals surface area contributed by atoms with E-state index in [0.717, 1.165) is 11.1 Å². The fraction of sp³-hybridized carbons (Fsp3) is 0.300. The summed E-state index contributed by atoms with van der Waals surface area (Å²) in [7, 11) is -0.948. The van der Waals surface area contributed by atoms with Gasteiger partial charge in [0, 0.05) is 25.7 Å². The number of carbonyl (C=O) groups is 2. The van der Waals surface area contributed by atoms with E-state index in [9.17, 15) is 19.8 Å². The number of hydrogen-bond donors (Lipinski definition) is 0. The Morgan fingerprint density at radius 3 is 1.45 bits per heavy atom. The van der Waals surface area contributed by atoms with Gasteiger partial charge in [0.1, 0.15) is 11.5 Å². The Balaban J connectivity index is 0.00000420. The van der Waals surface area contributed by atoms with E-state index in [0.29, 0.717) is 24.3 Å². The molecule has 2 aromatic carbocycles. The van der Waals surface area contributed by atoms with Crippen molar-refractivity contribution < 1.29 is 58.4 Å². The van der Waals surface area contributed by atoms with Crippen molar-refractivity contribution in [3.63, 3.8) is 0 Å². The van der Waals surface area contributed by atoms with E-state index in [1.165, 1.54) is 0 Å². The first-order valence-electron chi connectivity index (χ1n) is 8.74. The molecule has 0 aromatic heterocycles. The summed E-state index contributed by atoms with van der Waals surface area (Å²) in [5.41, 5.74) is 1.75. The molecule has 0 saturated carbocycles. The molecular weight excluding hydrogens is 404 g/mol. The second-order valence-corrected chi connectivity index (χ2v) is 8.59. The SMILES string of the molecule is CN=P(C)(Oc1ccc(CCC(=O)[O-])cc1)Oc1ccc(CCC(=O)[O-])cc1.[Na+]. The molecule has 9 heteroatoms. The maximum Gasteiger partial charge on any atom is 1.00 e. The standard InChI is InChI=1S/C20H24NO6P.Na/c1-21-28(2,26-17-9-3-15(4-10-17)7-13-19(22)23)27-18-11-5-16(6-12-18)8-14-20(24)25;/h3-6,9-12H,7-8,13-14H2,1-2H3,(H,22,23)(H,24,25);/q;+1/p-2. The average Bonchev–Trinajstić information content (AvgIpc) is 2.67. The van der Waals surface area contributed by atoms with Crippen LogP contribution in [0.3, 0.4) is 0 Å². The second kappa shape index (κ2) is 12.0. The Morgan fingerprint density at radius 1 is 0.828 bits per heavy atom. The number of carbonyl (C=O) groups excluding carboxylic acids is 2. The van der Waals surface area contributed by atoms with Gasteiger partial charge in [0.25, 0.3) is 0 Å².